The molecule has 19 heavy (non-hydrogen) atoms. The van der Waals surface area contributed by atoms with Gasteiger partial charge in [0.15, 0.2) is 0 Å². The minimum atomic E-state index is -0.0966. The van der Waals surface area contributed by atoms with Crippen LogP contribution in [0.2, 0.25) is 0 Å². The smallest absolute Gasteiger partial charge is 0.127 e. The molecule has 1 nitrogen and oxygen atoms in total. The van der Waals surface area contributed by atoms with E-state index in [9.17, 15) is 4.39 Å². The minimum Gasteiger partial charge on any atom is -0.313 e. The predicted molar refractivity (Wildman–Crippen MR) is 85.4 cm³/mol. The molecule has 1 heterocycles. The van der Waals surface area contributed by atoms with E-state index in [2.05, 4.69) is 28.2 Å². The van der Waals surface area contributed by atoms with Gasteiger partial charge in [0, 0.05) is 15.8 Å². The van der Waals surface area contributed by atoms with Crippen LogP contribution < -0.4 is 5.32 Å². The first-order chi connectivity index (χ1) is 9.20. The second-order valence-corrected chi connectivity index (χ2v) is 7.31. The quantitative estimate of drug-likeness (QED) is 0.820. The zero-order valence-electron chi connectivity index (χ0n) is 11.3. The maximum Gasteiger partial charge on any atom is 0.127 e. The summed E-state index contributed by atoms with van der Waals surface area (Å²) >= 11 is 5.35. The molecular weight excluding hydrogens is 325 g/mol. The van der Waals surface area contributed by atoms with Crippen LogP contribution in [-0.2, 0) is 6.42 Å². The van der Waals surface area contributed by atoms with E-state index < -0.39 is 0 Å². The topological polar surface area (TPSA) is 12.0 Å². The van der Waals surface area contributed by atoms with Crippen molar-refractivity contribution in [3.8, 4) is 0 Å². The van der Waals surface area contributed by atoms with Crippen molar-refractivity contribution >= 4 is 27.7 Å². The monoisotopic (exact) mass is 345 g/mol. The van der Waals surface area contributed by atoms with E-state index in [1.165, 1.54) is 18.6 Å². The molecule has 1 fully saturated rings. The van der Waals surface area contributed by atoms with E-state index in [1.807, 2.05) is 23.9 Å². The van der Waals surface area contributed by atoms with E-state index in [1.54, 1.807) is 6.07 Å². The van der Waals surface area contributed by atoms with Crippen LogP contribution in [0.3, 0.4) is 0 Å². The van der Waals surface area contributed by atoms with Crippen molar-refractivity contribution in [2.24, 2.45) is 0 Å². The molecule has 1 aliphatic heterocycles. The van der Waals surface area contributed by atoms with Crippen LogP contribution in [0.15, 0.2) is 22.7 Å². The largest absolute Gasteiger partial charge is 0.313 e. The fraction of sp³-hybridized carbons (Fsp3) is 0.600. The molecule has 1 aliphatic rings. The molecule has 106 valence electrons. The molecule has 0 saturated carbocycles. The number of benzene rings is 1. The lowest BCUT2D eigenvalue weighted by Crippen LogP contribution is -2.39. The Bertz CT molecular complexity index is 407. The summed E-state index contributed by atoms with van der Waals surface area (Å²) in [5.41, 5.74) is 0.823. The van der Waals surface area contributed by atoms with Gasteiger partial charge in [0.1, 0.15) is 5.82 Å². The van der Waals surface area contributed by atoms with Crippen LogP contribution in [0.25, 0.3) is 0 Å². The van der Waals surface area contributed by atoms with E-state index >= 15 is 0 Å². The molecule has 2 unspecified atom stereocenters. The molecule has 0 bridgehead atoms. The third-order valence-corrected chi connectivity index (χ3v) is 5.54. The average Bonchev–Trinajstić information content (AvgIpc) is 2.90. The highest BCUT2D eigenvalue weighted by atomic mass is 79.9. The highest BCUT2D eigenvalue weighted by Gasteiger charge is 2.26. The van der Waals surface area contributed by atoms with Crippen molar-refractivity contribution in [1.82, 2.24) is 5.32 Å². The fourth-order valence-corrected chi connectivity index (χ4v) is 4.24. The zero-order valence-corrected chi connectivity index (χ0v) is 13.7. The molecule has 4 heteroatoms. The van der Waals surface area contributed by atoms with Crippen molar-refractivity contribution in [2.45, 2.75) is 43.9 Å². The summed E-state index contributed by atoms with van der Waals surface area (Å²) in [6.45, 7) is 3.19. The molecule has 1 saturated heterocycles. The third-order valence-electron chi connectivity index (χ3n) is 3.53. The van der Waals surface area contributed by atoms with Gasteiger partial charge in [0.2, 0.25) is 0 Å². The Morgan fingerprint density at radius 3 is 3.00 bits per heavy atom. The SMILES string of the molecule is CCCNC(Cc1ccc(Br)cc1F)C1CCCS1. The Morgan fingerprint density at radius 2 is 2.37 bits per heavy atom. The van der Waals surface area contributed by atoms with Crippen LogP contribution >= 0.6 is 27.7 Å². The van der Waals surface area contributed by atoms with Gasteiger partial charge >= 0.3 is 0 Å². The third kappa shape index (κ3) is 4.47. The predicted octanol–water partition coefficient (Wildman–Crippen LogP) is 4.39. The van der Waals surface area contributed by atoms with Crippen LogP contribution in [0.5, 0.6) is 0 Å². The summed E-state index contributed by atoms with van der Waals surface area (Å²) in [5, 5.41) is 4.24. The second-order valence-electron chi connectivity index (χ2n) is 5.05. The van der Waals surface area contributed by atoms with Crippen molar-refractivity contribution in [3.63, 3.8) is 0 Å². The first-order valence-corrected chi connectivity index (χ1v) is 8.83. The summed E-state index contributed by atoms with van der Waals surface area (Å²) in [6.07, 6.45) is 4.46. The van der Waals surface area contributed by atoms with Gasteiger partial charge in [-0.25, -0.2) is 4.39 Å². The van der Waals surface area contributed by atoms with Gasteiger partial charge in [-0.15, -0.1) is 0 Å². The first-order valence-electron chi connectivity index (χ1n) is 6.99. The van der Waals surface area contributed by atoms with Crippen molar-refractivity contribution < 1.29 is 4.39 Å². The minimum absolute atomic E-state index is 0.0966. The van der Waals surface area contributed by atoms with Crippen molar-refractivity contribution in [3.05, 3.63) is 34.1 Å². The van der Waals surface area contributed by atoms with Crippen molar-refractivity contribution in [2.75, 3.05) is 12.3 Å². The van der Waals surface area contributed by atoms with Gasteiger partial charge in [-0.3, -0.25) is 0 Å². The number of hydrogen-bond acceptors (Lipinski definition) is 2. The van der Waals surface area contributed by atoms with Crippen LogP contribution in [0.1, 0.15) is 31.7 Å². The summed E-state index contributed by atoms with van der Waals surface area (Å²) in [7, 11) is 0. The van der Waals surface area contributed by atoms with Crippen LogP contribution in [0, 0.1) is 5.82 Å². The van der Waals surface area contributed by atoms with Crippen LogP contribution in [-0.4, -0.2) is 23.6 Å². The Labute approximate surface area is 127 Å². The number of halogens is 2. The standard InChI is InChI=1S/C15H21BrFNS/c1-2-7-18-14(15-4-3-8-19-15)9-11-5-6-12(16)10-13(11)17/h5-6,10,14-15,18H,2-4,7-9H2,1H3. The maximum absolute atomic E-state index is 14.0. The van der Waals surface area contributed by atoms with E-state index in [0.717, 1.165) is 29.4 Å². The van der Waals surface area contributed by atoms with Gasteiger partial charge in [-0.1, -0.05) is 28.9 Å². The summed E-state index contributed by atoms with van der Waals surface area (Å²) in [6, 6.07) is 5.79. The lowest BCUT2D eigenvalue weighted by Gasteiger charge is -2.24. The summed E-state index contributed by atoms with van der Waals surface area (Å²) in [4.78, 5) is 0. The van der Waals surface area contributed by atoms with E-state index in [-0.39, 0.29) is 5.82 Å². The molecule has 2 atom stereocenters. The molecule has 0 radical (unpaired) electrons. The molecule has 0 spiro atoms. The number of rotatable bonds is 6. The molecule has 1 aromatic carbocycles. The fourth-order valence-electron chi connectivity index (χ4n) is 2.51. The average molecular weight is 346 g/mol. The molecule has 0 aromatic heterocycles. The molecule has 0 amide bonds. The highest BCUT2D eigenvalue weighted by molar-refractivity contribution is 9.10. The Balaban J connectivity index is 2.05. The zero-order chi connectivity index (χ0) is 13.7. The number of hydrogen-bond donors (Lipinski definition) is 1. The van der Waals surface area contributed by atoms with Gasteiger partial charge in [-0.2, -0.15) is 11.8 Å². The number of nitrogens with one attached hydrogen (secondary N) is 1. The molecule has 0 aliphatic carbocycles. The summed E-state index contributed by atoms with van der Waals surface area (Å²) < 4.78 is 14.8. The Hall–Kier alpha value is -0.0600. The van der Waals surface area contributed by atoms with Crippen LogP contribution in [0.4, 0.5) is 4.39 Å². The van der Waals surface area contributed by atoms with Gasteiger partial charge in [-0.05, 0) is 55.7 Å². The lowest BCUT2D eigenvalue weighted by atomic mass is 10.00. The molecule has 1 aromatic rings. The second kappa shape index (κ2) is 7.65. The number of thioether (sulfide) groups is 1. The Kier molecular flexibility index (Phi) is 6.17. The lowest BCUT2D eigenvalue weighted by molar-refractivity contribution is 0.472. The Morgan fingerprint density at radius 1 is 1.53 bits per heavy atom. The van der Waals surface area contributed by atoms with Gasteiger partial charge in [0.25, 0.3) is 0 Å². The van der Waals surface area contributed by atoms with E-state index in [4.69, 9.17) is 0 Å². The van der Waals surface area contributed by atoms with E-state index in [0.29, 0.717) is 11.3 Å². The maximum atomic E-state index is 14.0. The van der Waals surface area contributed by atoms with Gasteiger partial charge < -0.3 is 5.32 Å². The van der Waals surface area contributed by atoms with Crippen molar-refractivity contribution in [1.29, 1.82) is 0 Å². The molecule has 2 rings (SSSR count). The molecular formula is C15H21BrFNS. The molecule has 1 N–H and O–H groups in total. The first kappa shape index (κ1) is 15.3. The summed E-state index contributed by atoms with van der Waals surface area (Å²) in [5.74, 6) is 1.15. The highest BCUT2D eigenvalue weighted by Crippen LogP contribution is 2.30. The normalized spacial score (nSPS) is 20.7. The van der Waals surface area contributed by atoms with Gasteiger partial charge in [0.05, 0.1) is 0 Å².